The Hall–Kier alpha value is -1.27. The second kappa shape index (κ2) is 10.5. The largest absolute Gasteiger partial charge is 0.500 e. The van der Waals surface area contributed by atoms with E-state index in [0.29, 0.717) is 25.7 Å². The minimum atomic E-state index is -0.848. The molecule has 6 nitrogen and oxygen atoms in total. The first kappa shape index (κ1) is 18.8. The second-order valence-electron chi connectivity index (χ2n) is 5.35. The number of unbranched alkanes of at least 4 members (excludes halogenated alkanes) is 1. The summed E-state index contributed by atoms with van der Waals surface area (Å²) >= 11 is 0. The Labute approximate surface area is 133 Å². The molecule has 0 saturated carbocycles. The van der Waals surface area contributed by atoms with Crippen molar-refractivity contribution in [2.24, 2.45) is 5.92 Å². The molecule has 1 rings (SSSR count). The Balaban J connectivity index is 2.19. The van der Waals surface area contributed by atoms with E-state index in [9.17, 15) is 4.79 Å². The van der Waals surface area contributed by atoms with Crippen molar-refractivity contribution >= 4 is 5.97 Å². The fourth-order valence-electron chi connectivity index (χ4n) is 2.39. The van der Waals surface area contributed by atoms with E-state index in [1.807, 2.05) is 14.0 Å². The van der Waals surface area contributed by atoms with E-state index >= 15 is 0 Å². The smallest absolute Gasteiger partial charge is 0.363 e. The SMILES string of the molecule is CCOC(=O)C1OCC(CCCC/C(NC)=C(\C)OC)CO1. The average molecular weight is 315 g/mol. The first-order valence-corrected chi connectivity index (χ1v) is 7.93. The Morgan fingerprint density at radius 1 is 1.27 bits per heavy atom. The number of esters is 1. The van der Waals surface area contributed by atoms with Crippen molar-refractivity contribution in [3.63, 3.8) is 0 Å². The van der Waals surface area contributed by atoms with Gasteiger partial charge >= 0.3 is 5.97 Å². The van der Waals surface area contributed by atoms with Crippen LogP contribution in [0.2, 0.25) is 0 Å². The summed E-state index contributed by atoms with van der Waals surface area (Å²) in [6.07, 6.45) is 3.31. The highest BCUT2D eigenvalue weighted by molar-refractivity contribution is 5.73. The molecule has 1 aliphatic heterocycles. The van der Waals surface area contributed by atoms with Crippen LogP contribution in [0.25, 0.3) is 0 Å². The van der Waals surface area contributed by atoms with Crippen molar-refractivity contribution in [3.05, 3.63) is 11.5 Å². The van der Waals surface area contributed by atoms with Crippen LogP contribution < -0.4 is 5.32 Å². The Morgan fingerprint density at radius 3 is 2.50 bits per heavy atom. The molecule has 0 aromatic heterocycles. The lowest BCUT2D eigenvalue weighted by molar-refractivity contribution is -0.221. The van der Waals surface area contributed by atoms with Crippen molar-refractivity contribution in [2.75, 3.05) is 34.0 Å². The van der Waals surface area contributed by atoms with E-state index in [1.165, 1.54) is 0 Å². The lowest BCUT2D eigenvalue weighted by atomic mass is 10.0. The standard InChI is InChI=1S/C16H29NO5/c1-5-20-15(18)16-21-10-13(11-22-16)8-6-7-9-14(17-3)12(2)19-4/h13,16-17H,5-11H2,1-4H3/b14-12-. The summed E-state index contributed by atoms with van der Waals surface area (Å²) in [7, 11) is 3.60. The first-order valence-electron chi connectivity index (χ1n) is 7.93. The van der Waals surface area contributed by atoms with Gasteiger partial charge in [0.1, 0.15) is 5.76 Å². The van der Waals surface area contributed by atoms with Crippen LogP contribution in [0.5, 0.6) is 0 Å². The van der Waals surface area contributed by atoms with Crippen LogP contribution in [0.15, 0.2) is 11.5 Å². The molecule has 0 amide bonds. The number of rotatable bonds is 9. The summed E-state index contributed by atoms with van der Waals surface area (Å²) in [6.45, 7) is 5.17. The van der Waals surface area contributed by atoms with Crippen molar-refractivity contribution < 1.29 is 23.7 Å². The molecule has 1 saturated heterocycles. The third-order valence-electron chi connectivity index (χ3n) is 3.77. The molecule has 0 atom stereocenters. The highest BCUT2D eigenvalue weighted by atomic mass is 16.7. The van der Waals surface area contributed by atoms with Crippen molar-refractivity contribution in [1.29, 1.82) is 0 Å². The zero-order chi connectivity index (χ0) is 16.4. The molecule has 6 heteroatoms. The quantitative estimate of drug-likeness (QED) is 0.400. The molecule has 1 fully saturated rings. The zero-order valence-electron chi connectivity index (χ0n) is 14.1. The third-order valence-corrected chi connectivity index (χ3v) is 3.77. The maximum Gasteiger partial charge on any atom is 0.363 e. The fourth-order valence-corrected chi connectivity index (χ4v) is 2.39. The lowest BCUT2D eigenvalue weighted by Crippen LogP contribution is -2.38. The van der Waals surface area contributed by atoms with Gasteiger partial charge < -0.3 is 24.3 Å². The number of hydrogen-bond acceptors (Lipinski definition) is 6. The van der Waals surface area contributed by atoms with Gasteiger partial charge in [0.15, 0.2) is 0 Å². The number of carbonyl (C=O) groups excluding carboxylic acids is 1. The Kier molecular flexibility index (Phi) is 8.92. The Morgan fingerprint density at radius 2 is 1.95 bits per heavy atom. The predicted molar refractivity (Wildman–Crippen MR) is 83.1 cm³/mol. The molecule has 0 aliphatic carbocycles. The van der Waals surface area contributed by atoms with Crippen molar-refractivity contribution in [2.45, 2.75) is 45.8 Å². The summed E-state index contributed by atoms with van der Waals surface area (Å²) in [5.41, 5.74) is 1.14. The number of carbonyl (C=O) groups is 1. The van der Waals surface area contributed by atoms with Gasteiger partial charge in [0, 0.05) is 18.7 Å². The summed E-state index contributed by atoms with van der Waals surface area (Å²) in [6, 6.07) is 0. The molecular formula is C16H29NO5. The third kappa shape index (κ3) is 6.23. The van der Waals surface area contributed by atoms with Gasteiger partial charge in [-0.05, 0) is 33.1 Å². The molecule has 0 unspecified atom stereocenters. The van der Waals surface area contributed by atoms with Crippen LogP contribution in [0.1, 0.15) is 39.5 Å². The van der Waals surface area contributed by atoms with Gasteiger partial charge in [-0.2, -0.15) is 0 Å². The molecule has 0 aromatic rings. The van der Waals surface area contributed by atoms with Crippen molar-refractivity contribution in [1.82, 2.24) is 5.32 Å². The van der Waals surface area contributed by atoms with Gasteiger partial charge in [0.25, 0.3) is 6.29 Å². The van der Waals surface area contributed by atoms with Gasteiger partial charge in [0.2, 0.25) is 0 Å². The van der Waals surface area contributed by atoms with Crippen LogP contribution in [0.4, 0.5) is 0 Å². The van der Waals surface area contributed by atoms with E-state index in [-0.39, 0.29) is 0 Å². The number of ether oxygens (including phenoxy) is 4. The highest BCUT2D eigenvalue weighted by Gasteiger charge is 2.28. The zero-order valence-corrected chi connectivity index (χ0v) is 14.1. The average Bonchev–Trinajstić information content (AvgIpc) is 2.55. The molecule has 1 N–H and O–H groups in total. The van der Waals surface area contributed by atoms with Crippen LogP contribution in [0, 0.1) is 5.92 Å². The molecule has 0 spiro atoms. The maximum atomic E-state index is 11.5. The topological polar surface area (TPSA) is 66.0 Å². The van der Waals surface area contributed by atoms with E-state index in [4.69, 9.17) is 18.9 Å². The fraction of sp³-hybridized carbons (Fsp3) is 0.812. The summed E-state index contributed by atoms with van der Waals surface area (Å²) < 4.78 is 21.0. The highest BCUT2D eigenvalue weighted by Crippen LogP contribution is 2.19. The predicted octanol–water partition coefficient (Wildman–Crippen LogP) is 2.20. The maximum absolute atomic E-state index is 11.5. The monoisotopic (exact) mass is 315 g/mol. The van der Waals surface area contributed by atoms with Gasteiger partial charge in [-0.3, -0.25) is 0 Å². The molecular weight excluding hydrogens is 286 g/mol. The minimum absolute atomic E-state index is 0.341. The molecule has 0 aromatic carbocycles. The Bertz CT molecular complexity index is 362. The van der Waals surface area contributed by atoms with Crippen LogP contribution in [0.3, 0.4) is 0 Å². The van der Waals surface area contributed by atoms with Gasteiger partial charge in [-0.1, -0.05) is 6.42 Å². The summed E-state index contributed by atoms with van der Waals surface area (Å²) in [5.74, 6) is 0.847. The van der Waals surface area contributed by atoms with Crippen molar-refractivity contribution in [3.8, 4) is 0 Å². The van der Waals surface area contributed by atoms with Crippen LogP contribution in [-0.2, 0) is 23.7 Å². The molecule has 0 radical (unpaired) electrons. The van der Waals surface area contributed by atoms with Gasteiger partial charge in [-0.15, -0.1) is 0 Å². The normalized spacial score (nSPS) is 22.7. The molecule has 22 heavy (non-hydrogen) atoms. The summed E-state index contributed by atoms with van der Waals surface area (Å²) in [4.78, 5) is 11.5. The number of methoxy groups -OCH3 is 1. The van der Waals surface area contributed by atoms with Gasteiger partial charge in [0.05, 0.1) is 26.9 Å². The number of allylic oxidation sites excluding steroid dienone is 2. The van der Waals surface area contributed by atoms with Crippen LogP contribution >= 0.6 is 0 Å². The molecule has 1 heterocycles. The lowest BCUT2D eigenvalue weighted by Gasteiger charge is -2.28. The van der Waals surface area contributed by atoms with Crippen LogP contribution in [-0.4, -0.2) is 46.2 Å². The minimum Gasteiger partial charge on any atom is -0.500 e. The second-order valence-corrected chi connectivity index (χ2v) is 5.35. The number of hydrogen-bond donors (Lipinski definition) is 1. The molecule has 0 bridgehead atoms. The summed E-state index contributed by atoms with van der Waals surface area (Å²) in [5, 5.41) is 3.18. The number of nitrogens with one attached hydrogen (secondary N) is 1. The first-order chi connectivity index (χ1) is 10.6. The van der Waals surface area contributed by atoms with E-state index in [1.54, 1.807) is 14.0 Å². The molecule has 128 valence electrons. The van der Waals surface area contributed by atoms with Gasteiger partial charge in [-0.25, -0.2) is 4.79 Å². The van der Waals surface area contributed by atoms with E-state index in [0.717, 1.165) is 37.1 Å². The molecule has 1 aliphatic rings. The van der Waals surface area contributed by atoms with E-state index < -0.39 is 12.3 Å². The van der Waals surface area contributed by atoms with E-state index in [2.05, 4.69) is 5.32 Å².